The lowest BCUT2D eigenvalue weighted by Crippen LogP contribution is -2.55. The van der Waals surface area contributed by atoms with Crippen molar-refractivity contribution in [2.24, 2.45) is 0 Å². The van der Waals surface area contributed by atoms with Crippen molar-refractivity contribution in [3.8, 4) is 0 Å². The fourth-order valence-electron chi connectivity index (χ4n) is 2.95. The molecule has 1 aliphatic heterocycles. The lowest BCUT2D eigenvalue weighted by Gasteiger charge is -2.38. The molecular weight excluding hydrogens is 280 g/mol. The molecule has 1 aromatic carbocycles. The predicted octanol–water partition coefficient (Wildman–Crippen LogP) is 1.67. The molecule has 22 heavy (non-hydrogen) atoms. The van der Waals surface area contributed by atoms with Crippen LogP contribution in [0.2, 0.25) is 0 Å². The minimum atomic E-state index is -0.214. The van der Waals surface area contributed by atoms with Gasteiger partial charge in [0.2, 0.25) is 5.91 Å². The molecule has 1 heterocycles. The summed E-state index contributed by atoms with van der Waals surface area (Å²) in [7, 11) is 0. The average molecular weight is 304 g/mol. The number of aryl methyl sites for hydroxylation is 2. The highest BCUT2D eigenvalue weighted by Crippen LogP contribution is 2.13. The van der Waals surface area contributed by atoms with E-state index < -0.39 is 0 Å². The highest BCUT2D eigenvalue weighted by molar-refractivity contribution is 5.96. The van der Waals surface area contributed by atoms with Crippen LogP contribution in [-0.4, -0.2) is 48.6 Å². The smallest absolute Gasteiger partial charge is 0.251 e. The van der Waals surface area contributed by atoms with Crippen LogP contribution in [0.3, 0.4) is 0 Å². The molecular formula is C17H24N2O3. The Hall–Kier alpha value is -1.88. The number of hydrogen-bond acceptors (Lipinski definition) is 3. The average Bonchev–Trinajstić information content (AvgIpc) is 2.43. The third kappa shape index (κ3) is 3.85. The van der Waals surface area contributed by atoms with Crippen LogP contribution >= 0.6 is 0 Å². The second-order valence-electron chi connectivity index (χ2n) is 6.10. The van der Waals surface area contributed by atoms with Gasteiger partial charge >= 0.3 is 0 Å². The Bertz CT molecular complexity index is 541. The minimum absolute atomic E-state index is 0.0144. The maximum absolute atomic E-state index is 12.3. The van der Waals surface area contributed by atoms with E-state index in [4.69, 9.17) is 4.74 Å². The van der Waals surface area contributed by atoms with Gasteiger partial charge in [0.25, 0.3) is 5.91 Å². The fraction of sp³-hybridized carbons (Fsp3) is 0.529. The molecule has 120 valence electrons. The van der Waals surface area contributed by atoms with E-state index in [-0.39, 0.29) is 30.4 Å². The molecule has 1 fully saturated rings. The van der Waals surface area contributed by atoms with Crippen molar-refractivity contribution < 1.29 is 14.3 Å². The van der Waals surface area contributed by atoms with Crippen molar-refractivity contribution in [2.75, 3.05) is 19.8 Å². The van der Waals surface area contributed by atoms with Crippen molar-refractivity contribution in [3.63, 3.8) is 0 Å². The molecule has 2 amide bonds. The van der Waals surface area contributed by atoms with Gasteiger partial charge in [0.1, 0.15) is 0 Å². The second-order valence-corrected chi connectivity index (χ2v) is 6.10. The maximum atomic E-state index is 12.3. The zero-order valence-electron chi connectivity index (χ0n) is 13.7. The molecule has 1 aliphatic rings. The summed E-state index contributed by atoms with van der Waals surface area (Å²) in [5, 5.41) is 2.72. The summed E-state index contributed by atoms with van der Waals surface area (Å²) in [6, 6.07) is 5.74. The van der Waals surface area contributed by atoms with Crippen LogP contribution < -0.4 is 5.32 Å². The molecule has 2 atom stereocenters. The van der Waals surface area contributed by atoms with E-state index >= 15 is 0 Å². The molecule has 1 N–H and O–H groups in total. The largest absolute Gasteiger partial charge is 0.377 e. The number of carbonyl (C=O) groups excluding carboxylic acids is 2. The first-order chi connectivity index (χ1) is 10.4. The van der Waals surface area contributed by atoms with Gasteiger partial charge in [-0.15, -0.1) is 0 Å². The summed E-state index contributed by atoms with van der Waals surface area (Å²) < 4.78 is 5.41. The topological polar surface area (TPSA) is 58.6 Å². The van der Waals surface area contributed by atoms with Gasteiger partial charge in [-0.3, -0.25) is 9.59 Å². The second kappa shape index (κ2) is 6.92. The van der Waals surface area contributed by atoms with Gasteiger partial charge in [0.15, 0.2) is 0 Å². The molecule has 1 aromatic rings. The number of nitrogens with zero attached hydrogens (tertiary/aromatic N) is 1. The molecule has 2 rings (SSSR count). The zero-order chi connectivity index (χ0) is 16.3. The summed E-state index contributed by atoms with van der Waals surface area (Å²) in [6.07, 6.45) is 0. The van der Waals surface area contributed by atoms with Crippen LogP contribution in [0, 0.1) is 13.8 Å². The first-order valence-electron chi connectivity index (χ1n) is 7.64. The van der Waals surface area contributed by atoms with Crippen molar-refractivity contribution in [1.29, 1.82) is 0 Å². The SMILES string of the molecule is Cc1cc(C)cc(C(=O)NCC(=O)N2[C@H](C)COC[C@H]2C)c1. The lowest BCUT2D eigenvalue weighted by atomic mass is 10.1. The molecule has 0 aliphatic carbocycles. The third-order valence-corrected chi connectivity index (χ3v) is 3.84. The number of benzene rings is 1. The van der Waals surface area contributed by atoms with Crippen LogP contribution in [-0.2, 0) is 9.53 Å². The lowest BCUT2D eigenvalue weighted by molar-refractivity contribution is -0.142. The molecule has 0 bridgehead atoms. The molecule has 5 nitrogen and oxygen atoms in total. The number of carbonyl (C=O) groups is 2. The van der Waals surface area contributed by atoms with Gasteiger partial charge in [0.05, 0.1) is 31.8 Å². The Kier molecular flexibility index (Phi) is 5.19. The zero-order valence-corrected chi connectivity index (χ0v) is 13.7. The van der Waals surface area contributed by atoms with Gasteiger partial charge in [-0.25, -0.2) is 0 Å². The molecule has 0 aromatic heterocycles. The van der Waals surface area contributed by atoms with Crippen molar-refractivity contribution in [2.45, 2.75) is 39.8 Å². The summed E-state index contributed by atoms with van der Waals surface area (Å²) in [6.45, 7) is 8.92. The van der Waals surface area contributed by atoms with Gasteiger partial charge in [-0.05, 0) is 39.8 Å². The Labute approximate surface area is 131 Å². The first kappa shape index (κ1) is 16.5. The normalized spacial score (nSPS) is 21.5. The number of hydrogen-bond donors (Lipinski definition) is 1. The standard InChI is InChI=1S/C17H24N2O3/c1-11-5-12(2)7-15(6-11)17(21)18-8-16(20)19-13(3)9-22-10-14(19)4/h5-7,13-14H,8-10H2,1-4H3,(H,18,21)/t13-,14-/m1/s1. The van der Waals surface area contributed by atoms with Gasteiger partial charge < -0.3 is 15.0 Å². The van der Waals surface area contributed by atoms with E-state index in [2.05, 4.69) is 5.32 Å². The Morgan fingerprint density at radius 1 is 1.14 bits per heavy atom. The molecule has 0 unspecified atom stereocenters. The quantitative estimate of drug-likeness (QED) is 0.924. The monoisotopic (exact) mass is 304 g/mol. The van der Waals surface area contributed by atoms with E-state index in [0.717, 1.165) is 11.1 Å². The number of amides is 2. The first-order valence-corrected chi connectivity index (χ1v) is 7.64. The third-order valence-electron chi connectivity index (χ3n) is 3.84. The van der Waals surface area contributed by atoms with Gasteiger partial charge in [-0.1, -0.05) is 17.2 Å². The molecule has 5 heteroatoms. The molecule has 0 saturated carbocycles. The van der Waals surface area contributed by atoms with Crippen molar-refractivity contribution in [3.05, 3.63) is 34.9 Å². The highest BCUT2D eigenvalue weighted by atomic mass is 16.5. The van der Waals surface area contributed by atoms with E-state index in [1.54, 1.807) is 4.90 Å². The van der Waals surface area contributed by atoms with Gasteiger partial charge in [0, 0.05) is 5.56 Å². The number of rotatable bonds is 3. The Morgan fingerprint density at radius 2 is 1.68 bits per heavy atom. The Balaban J connectivity index is 1.96. The molecule has 1 saturated heterocycles. The van der Waals surface area contributed by atoms with E-state index in [0.29, 0.717) is 18.8 Å². The Morgan fingerprint density at radius 3 is 2.23 bits per heavy atom. The number of nitrogens with one attached hydrogen (secondary N) is 1. The van der Waals surface area contributed by atoms with Crippen LogP contribution in [0.4, 0.5) is 0 Å². The molecule has 0 spiro atoms. The summed E-state index contributed by atoms with van der Waals surface area (Å²) in [5.41, 5.74) is 2.66. The summed E-state index contributed by atoms with van der Waals surface area (Å²) >= 11 is 0. The maximum Gasteiger partial charge on any atom is 0.251 e. The highest BCUT2D eigenvalue weighted by Gasteiger charge is 2.29. The fourth-order valence-corrected chi connectivity index (χ4v) is 2.95. The van der Waals surface area contributed by atoms with Crippen molar-refractivity contribution >= 4 is 11.8 Å². The van der Waals surface area contributed by atoms with Crippen LogP contribution in [0.15, 0.2) is 18.2 Å². The number of ether oxygens (including phenoxy) is 1. The number of morpholine rings is 1. The summed E-state index contributed by atoms with van der Waals surface area (Å²) in [5.74, 6) is -0.283. The molecule has 0 radical (unpaired) electrons. The van der Waals surface area contributed by atoms with Crippen molar-refractivity contribution in [1.82, 2.24) is 10.2 Å². The van der Waals surface area contributed by atoms with Crippen LogP contribution in [0.1, 0.15) is 35.3 Å². The van der Waals surface area contributed by atoms with Crippen LogP contribution in [0.25, 0.3) is 0 Å². The van der Waals surface area contributed by atoms with E-state index in [1.165, 1.54) is 0 Å². The van der Waals surface area contributed by atoms with Crippen LogP contribution in [0.5, 0.6) is 0 Å². The summed E-state index contributed by atoms with van der Waals surface area (Å²) in [4.78, 5) is 26.3. The van der Waals surface area contributed by atoms with E-state index in [9.17, 15) is 9.59 Å². The minimum Gasteiger partial charge on any atom is -0.377 e. The van der Waals surface area contributed by atoms with Gasteiger partial charge in [-0.2, -0.15) is 0 Å². The predicted molar refractivity (Wildman–Crippen MR) is 84.8 cm³/mol. The van der Waals surface area contributed by atoms with E-state index in [1.807, 2.05) is 45.9 Å².